The van der Waals surface area contributed by atoms with Gasteiger partial charge >= 0.3 is 11.9 Å². The number of rotatable bonds is 17. The molecule has 13 nitrogen and oxygen atoms in total. The first-order chi connectivity index (χ1) is 18.2. The standard InChI is InChI=1S/C25H38N6O7/c26-29-16-22(33)28-15-21(32)27-13-5-4-9-18(23(34)31-14-6-10-20(31)25(37)38)30-19(24(35)36)12-11-17-7-2-1-3-8-17/h1-3,7-8,18-20,29-30H,4-6,9-16,26H2,(H,27,32)(H,28,33)(H,35,36)(H,37,38)/t18-,19?,20?/m0/s1. The summed E-state index contributed by atoms with van der Waals surface area (Å²) in [6.45, 7) is 0.286. The molecule has 1 aromatic rings. The van der Waals surface area contributed by atoms with Gasteiger partial charge in [0.1, 0.15) is 12.1 Å². The third-order valence-corrected chi connectivity index (χ3v) is 6.33. The van der Waals surface area contributed by atoms with Crippen LogP contribution in [0, 0.1) is 0 Å². The number of aliphatic carboxylic acids is 2. The molecule has 1 aromatic carbocycles. The zero-order valence-corrected chi connectivity index (χ0v) is 21.4. The van der Waals surface area contributed by atoms with E-state index in [-0.39, 0.29) is 31.8 Å². The number of unbranched alkanes of at least 4 members (excludes halogenated alkanes) is 1. The molecule has 1 saturated heterocycles. The normalized spacial score (nSPS) is 16.4. The van der Waals surface area contributed by atoms with E-state index in [0.29, 0.717) is 45.2 Å². The molecule has 210 valence electrons. The average Bonchev–Trinajstić information content (AvgIpc) is 3.39. The van der Waals surface area contributed by atoms with E-state index in [9.17, 15) is 34.2 Å². The molecule has 0 saturated carbocycles. The lowest BCUT2D eigenvalue weighted by atomic mass is 10.0. The van der Waals surface area contributed by atoms with Crippen molar-refractivity contribution in [1.29, 1.82) is 0 Å². The summed E-state index contributed by atoms with van der Waals surface area (Å²) in [5, 5.41) is 27.4. The molecule has 38 heavy (non-hydrogen) atoms. The van der Waals surface area contributed by atoms with Crippen LogP contribution in [0.2, 0.25) is 0 Å². The number of carboxylic acids is 2. The van der Waals surface area contributed by atoms with Crippen molar-refractivity contribution in [2.24, 2.45) is 5.84 Å². The second-order valence-corrected chi connectivity index (χ2v) is 9.17. The van der Waals surface area contributed by atoms with Gasteiger partial charge < -0.3 is 25.7 Å². The quantitative estimate of drug-likeness (QED) is 0.0735. The molecule has 0 aromatic heterocycles. The van der Waals surface area contributed by atoms with E-state index in [0.717, 1.165) is 5.56 Å². The summed E-state index contributed by atoms with van der Waals surface area (Å²) in [5.74, 6) is 1.65. The number of carbonyl (C=O) groups is 5. The van der Waals surface area contributed by atoms with Crippen molar-refractivity contribution in [1.82, 2.24) is 26.3 Å². The largest absolute Gasteiger partial charge is 0.480 e. The van der Waals surface area contributed by atoms with E-state index in [4.69, 9.17) is 5.84 Å². The molecule has 1 aliphatic rings. The Bertz CT molecular complexity index is 945. The van der Waals surface area contributed by atoms with Gasteiger partial charge in [-0.2, -0.15) is 0 Å². The van der Waals surface area contributed by atoms with Gasteiger partial charge in [0.25, 0.3) is 0 Å². The van der Waals surface area contributed by atoms with Crippen LogP contribution in [-0.2, 0) is 30.4 Å². The fraction of sp³-hybridized carbons (Fsp3) is 0.560. The molecule has 0 radical (unpaired) electrons. The summed E-state index contributed by atoms with van der Waals surface area (Å²) >= 11 is 0. The van der Waals surface area contributed by atoms with Gasteiger partial charge in [0.15, 0.2) is 0 Å². The summed E-state index contributed by atoms with van der Waals surface area (Å²) < 4.78 is 0. The number of hydrazine groups is 1. The zero-order chi connectivity index (χ0) is 27.9. The lowest BCUT2D eigenvalue weighted by Crippen LogP contribution is -2.54. The Morgan fingerprint density at radius 1 is 0.947 bits per heavy atom. The van der Waals surface area contributed by atoms with E-state index in [2.05, 4.69) is 21.4 Å². The third kappa shape index (κ3) is 10.4. The van der Waals surface area contributed by atoms with E-state index in [1.54, 1.807) is 0 Å². The number of carboxylic acid groups (broad SMARTS) is 2. The number of hydrogen-bond donors (Lipinski definition) is 7. The summed E-state index contributed by atoms with van der Waals surface area (Å²) in [6.07, 6.45) is 2.92. The van der Waals surface area contributed by atoms with Crippen LogP contribution in [0.1, 0.15) is 44.1 Å². The maximum Gasteiger partial charge on any atom is 0.326 e. The summed E-state index contributed by atoms with van der Waals surface area (Å²) in [5.41, 5.74) is 3.16. The predicted octanol–water partition coefficient (Wildman–Crippen LogP) is -1.03. The van der Waals surface area contributed by atoms with Gasteiger partial charge in [-0.25, -0.2) is 4.79 Å². The van der Waals surface area contributed by atoms with Crippen LogP contribution < -0.4 is 27.2 Å². The highest BCUT2D eigenvalue weighted by Gasteiger charge is 2.38. The van der Waals surface area contributed by atoms with Crippen LogP contribution in [0.15, 0.2) is 30.3 Å². The lowest BCUT2D eigenvalue weighted by molar-refractivity contribution is -0.149. The molecule has 2 unspecified atom stereocenters. The van der Waals surface area contributed by atoms with Crippen LogP contribution in [0.3, 0.4) is 0 Å². The SMILES string of the molecule is NNCC(=O)NCC(=O)NCCCC[C@H](NC(CCc1ccccc1)C(=O)O)C(=O)N1CCCC1C(=O)O. The summed E-state index contributed by atoms with van der Waals surface area (Å²) in [7, 11) is 0. The van der Waals surface area contributed by atoms with Crippen LogP contribution in [-0.4, -0.2) is 89.1 Å². The van der Waals surface area contributed by atoms with Crippen LogP contribution in [0.25, 0.3) is 0 Å². The monoisotopic (exact) mass is 534 g/mol. The highest BCUT2D eigenvalue weighted by Crippen LogP contribution is 2.20. The van der Waals surface area contributed by atoms with Gasteiger partial charge in [0, 0.05) is 13.1 Å². The molecule has 3 amide bonds. The second kappa shape index (κ2) is 16.3. The fourth-order valence-electron chi connectivity index (χ4n) is 4.34. The number of likely N-dealkylation sites (tertiary alicyclic amines) is 1. The van der Waals surface area contributed by atoms with Crippen molar-refractivity contribution in [2.75, 3.05) is 26.2 Å². The minimum atomic E-state index is -1.09. The number of nitrogens with two attached hydrogens (primary N) is 1. The van der Waals surface area contributed by atoms with E-state index >= 15 is 0 Å². The molecule has 1 heterocycles. The van der Waals surface area contributed by atoms with E-state index in [1.807, 2.05) is 30.3 Å². The van der Waals surface area contributed by atoms with Crippen molar-refractivity contribution in [2.45, 2.75) is 63.1 Å². The first-order valence-electron chi connectivity index (χ1n) is 12.8. The Morgan fingerprint density at radius 2 is 1.66 bits per heavy atom. The van der Waals surface area contributed by atoms with Gasteiger partial charge in [-0.1, -0.05) is 30.3 Å². The topological polar surface area (TPSA) is 203 Å². The van der Waals surface area contributed by atoms with Gasteiger partial charge in [0.2, 0.25) is 17.7 Å². The molecule has 0 aliphatic carbocycles. The molecule has 13 heteroatoms. The number of hydrogen-bond acceptors (Lipinski definition) is 8. The van der Waals surface area contributed by atoms with Gasteiger partial charge in [-0.05, 0) is 50.5 Å². The van der Waals surface area contributed by atoms with E-state index < -0.39 is 41.9 Å². The molecular formula is C25H38N6O7. The number of nitrogens with zero attached hydrogens (tertiary/aromatic N) is 1. The lowest BCUT2D eigenvalue weighted by Gasteiger charge is -2.29. The molecule has 8 N–H and O–H groups in total. The number of amides is 3. The fourth-order valence-corrected chi connectivity index (χ4v) is 4.34. The Morgan fingerprint density at radius 3 is 2.32 bits per heavy atom. The van der Waals surface area contributed by atoms with Crippen molar-refractivity contribution in [3.63, 3.8) is 0 Å². The van der Waals surface area contributed by atoms with Crippen molar-refractivity contribution < 1.29 is 34.2 Å². The maximum atomic E-state index is 13.4. The number of aryl methyl sites for hydroxylation is 1. The number of carbonyl (C=O) groups excluding carboxylic acids is 3. The molecule has 0 bridgehead atoms. The van der Waals surface area contributed by atoms with Crippen LogP contribution in [0.5, 0.6) is 0 Å². The molecule has 1 aliphatic heterocycles. The van der Waals surface area contributed by atoms with Crippen LogP contribution >= 0.6 is 0 Å². The smallest absolute Gasteiger partial charge is 0.326 e. The highest BCUT2D eigenvalue weighted by molar-refractivity contribution is 5.88. The molecule has 3 atom stereocenters. The first kappa shape index (κ1) is 30.7. The Kier molecular flexibility index (Phi) is 13.2. The van der Waals surface area contributed by atoms with Crippen molar-refractivity contribution in [3.8, 4) is 0 Å². The summed E-state index contributed by atoms with van der Waals surface area (Å²) in [6, 6.07) is 6.60. The van der Waals surface area contributed by atoms with Gasteiger partial charge in [-0.3, -0.25) is 35.8 Å². The average molecular weight is 535 g/mol. The second-order valence-electron chi connectivity index (χ2n) is 9.17. The Balaban J connectivity index is 1.95. The molecule has 1 fully saturated rings. The minimum Gasteiger partial charge on any atom is -0.480 e. The number of benzene rings is 1. The molecule has 2 rings (SSSR count). The van der Waals surface area contributed by atoms with E-state index in [1.165, 1.54) is 4.90 Å². The van der Waals surface area contributed by atoms with Gasteiger partial charge in [-0.15, -0.1) is 0 Å². The van der Waals surface area contributed by atoms with Gasteiger partial charge in [0.05, 0.1) is 19.1 Å². The summed E-state index contributed by atoms with van der Waals surface area (Å²) in [4.78, 5) is 61.5. The van der Waals surface area contributed by atoms with Crippen molar-refractivity contribution in [3.05, 3.63) is 35.9 Å². The predicted molar refractivity (Wildman–Crippen MR) is 138 cm³/mol. The first-order valence-corrected chi connectivity index (χ1v) is 12.8. The third-order valence-electron chi connectivity index (χ3n) is 6.33. The Labute approximate surface area is 221 Å². The zero-order valence-electron chi connectivity index (χ0n) is 21.4. The minimum absolute atomic E-state index is 0.113. The molecule has 0 spiro atoms. The number of nitrogens with one attached hydrogen (secondary N) is 4. The highest BCUT2D eigenvalue weighted by atomic mass is 16.4. The maximum absolute atomic E-state index is 13.4. The van der Waals surface area contributed by atoms with Crippen LogP contribution in [0.4, 0.5) is 0 Å². The Hall–Kier alpha value is -3.55. The molecular weight excluding hydrogens is 496 g/mol. The van der Waals surface area contributed by atoms with Crippen molar-refractivity contribution >= 4 is 29.7 Å².